The van der Waals surface area contributed by atoms with Crippen molar-refractivity contribution in [2.45, 2.75) is 12.8 Å². The predicted octanol–water partition coefficient (Wildman–Crippen LogP) is 3.16. The number of carbonyl (C=O) groups is 1. The van der Waals surface area contributed by atoms with E-state index in [2.05, 4.69) is 12.1 Å². The van der Waals surface area contributed by atoms with Crippen LogP contribution < -0.4 is 5.73 Å². The average molecular weight is 301 g/mol. The summed E-state index contributed by atoms with van der Waals surface area (Å²) in [6, 6.07) is 13.4. The molecule has 4 heteroatoms. The lowest BCUT2D eigenvalue weighted by Crippen LogP contribution is -2.33. The summed E-state index contributed by atoms with van der Waals surface area (Å²) in [7, 11) is 0. The van der Waals surface area contributed by atoms with Crippen LogP contribution in [0.1, 0.15) is 21.5 Å². The summed E-state index contributed by atoms with van der Waals surface area (Å²) in [5, 5.41) is 0.497. The summed E-state index contributed by atoms with van der Waals surface area (Å²) in [6.07, 6.45) is 1.77. The van der Waals surface area contributed by atoms with Gasteiger partial charge in [-0.25, -0.2) is 0 Å². The molecule has 1 aliphatic heterocycles. The maximum Gasteiger partial charge on any atom is 0.254 e. The van der Waals surface area contributed by atoms with Crippen LogP contribution in [0.2, 0.25) is 5.02 Å². The minimum atomic E-state index is -0.00277. The van der Waals surface area contributed by atoms with Gasteiger partial charge in [-0.2, -0.15) is 0 Å². The molecule has 0 saturated carbocycles. The number of nitrogens with zero attached hydrogens (tertiary/aromatic N) is 1. The lowest BCUT2D eigenvalue weighted by atomic mass is 10.0. The van der Waals surface area contributed by atoms with E-state index in [1.807, 2.05) is 17.0 Å². The molecular weight excluding hydrogens is 284 g/mol. The Morgan fingerprint density at radius 1 is 1.05 bits per heavy atom. The molecule has 3 rings (SSSR count). The number of nitrogens with two attached hydrogens (primary N) is 1. The summed E-state index contributed by atoms with van der Waals surface area (Å²) in [5.41, 5.74) is 9.51. The fourth-order valence-corrected chi connectivity index (χ4v) is 3.03. The van der Waals surface area contributed by atoms with Crippen LogP contribution in [0.3, 0.4) is 0 Å². The van der Waals surface area contributed by atoms with Gasteiger partial charge in [0, 0.05) is 29.4 Å². The van der Waals surface area contributed by atoms with Crippen molar-refractivity contribution in [2.75, 3.05) is 18.8 Å². The first-order valence-electron chi connectivity index (χ1n) is 7.05. The molecule has 0 spiro atoms. The highest BCUT2D eigenvalue weighted by Crippen LogP contribution is 2.20. The third-order valence-corrected chi connectivity index (χ3v) is 4.09. The quantitative estimate of drug-likeness (QED) is 0.822. The monoisotopic (exact) mass is 300 g/mol. The number of nitrogen functional groups attached to an aromatic ring is 1. The Morgan fingerprint density at radius 2 is 1.67 bits per heavy atom. The topological polar surface area (TPSA) is 46.3 Å². The van der Waals surface area contributed by atoms with E-state index in [-0.39, 0.29) is 5.91 Å². The Balaban J connectivity index is 1.80. The first kappa shape index (κ1) is 14.0. The van der Waals surface area contributed by atoms with Crippen molar-refractivity contribution < 1.29 is 4.79 Å². The van der Waals surface area contributed by atoms with Crippen LogP contribution in [0, 0.1) is 0 Å². The fraction of sp³-hybridized carbons (Fsp3) is 0.235. The van der Waals surface area contributed by atoms with Gasteiger partial charge < -0.3 is 10.6 Å². The number of rotatable bonds is 1. The second-order valence-electron chi connectivity index (χ2n) is 5.33. The molecule has 2 N–H and O–H groups in total. The lowest BCUT2D eigenvalue weighted by Gasteiger charge is -2.20. The molecule has 3 nitrogen and oxygen atoms in total. The van der Waals surface area contributed by atoms with Crippen LogP contribution in [0.15, 0.2) is 42.5 Å². The zero-order chi connectivity index (χ0) is 14.8. The van der Waals surface area contributed by atoms with Crippen LogP contribution in [-0.2, 0) is 12.8 Å². The maximum atomic E-state index is 12.6. The number of carbonyl (C=O) groups excluding carboxylic acids is 1. The van der Waals surface area contributed by atoms with Crippen molar-refractivity contribution in [3.8, 4) is 0 Å². The molecule has 0 atom stereocenters. The standard InChI is InChI=1S/C17H17ClN2O/c18-15-9-14(10-16(19)11-15)17(21)20-7-5-12-3-1-2-4-13(12)6-8-20/h1-4,9-11H,5-8,19H2. The summed E-state index contributed by atoms with van der Waals surface area (Å²) >= 11 is 5.99. The first-order valence-corrected chi connectivity index (χ1v) is 7.43. The molecule has 2 aromatic rings. The summed E-state index contributed by atoms with van der Waals surface area (Å²) in [5.74, 6) is -0.00277. The molecule has 1 heterocycles. The van der Waals surface area contributed by atoms with E-state index in [9.17, 15) is 4.79 Å². The molecule has 0 unspecified atom stereocenters. The number of benzene rings is 2. The summed E-state index contributed by atoms with van der Waals surface area (Å²) in [4.78, 5) is 14.5. The highest BCUT2D eigenvalue weighted by Gasteiger charge is 2.20. The van der Waals surface area contributed by atoms with Gasteiger partial charge in [-0.1, -0.05) is 35.9 Å². The number of anilines is 1. The Hall–Kier alpha value is -2.00. The first-order chi connectivity index (χ1) is 10.1. The molecule has 0 aromatic heterocycles. The van der Waals surface area contributed by atoms with E-state index in [0.717, 1.165) is 25.9 Å². The molecule has 1 amide bonds. The van der Waals surface area contributed by atoms with Crippen LogP contribution >= 0.6 is 11.6 Å². The van der Waals surface area contributed by atoms with Gasteiger partial charge in [0.25, 0.3) is 5.91 Å². The van der Waals surface area contributed by atoms with Crippen LogP contribution in [-0.4, -0.2) is 23.9 Å². The van der Waals surface area contributed by atoms with Gasteiger partial charge in [0.15, 0.2) is 0 Å². The highest BCUT2D eigenvalue weighted by molar-refractivity contribution is 6.31. The minimum Gasteiger partial charge on any atom is -0.399 e. The molecule has 21 heavy (non-hydrogen) atoms. The second kappa shape index (κ2) is 5.78. The normalized spacial score (nSPS) is 14.4. The molecule has 0 bridgehead atoms. The number of amides is 1. The lowest BCUT2D eigenvalue weighted by molar-refractivity contribution is 0.0763. The van der Waals surface area contributed by atoms with E-state index in [4.69, 9.17) is 17.3 Å². The third-order valence-electron chi connectivity index (χ3n) is 3.87. The highest BCUT2D eigenvalue weighted by atomic mass is 35.5. The van der Waals surface area contributed by atoms with Crippen molar-refractivity contribution in [1.29, 1.82) is 0 Å². The number of hydrogen-bond donors (Lipinski definition) is 1. The Bertz CT molecular complexity index is 637. The second-order valence-corrected chi connectivity index (χ2v) is 5.77. The van der Waals surface area contributed by atoms with E-state index >= 15 is 0 Å². The molecule has 2 aromatic carbocycles. The zero-order valence-corrected chi connectivity index (χ0v) is 12.4. The van der Waals surface area contributed by atoms with Crippen molar-refractivity contribution in [3.05, 3.63) is 64.2 Å². The van der Waals surface area contributed by atoms with Crippen LogP contribution in [0.25, 0.3) is 0 Å². The van der Waals surface area contributed by atoms with Crippen LogP contribution in [0.5, 0.6) is 0 Å². The molecule has 0 radical (unpaired) electrons. The SMILES string of the molecule is Nc1cc(Cl)cc(C(=O)N2CCc3ccccc3CC2)c1. The van der Waals surface area contributed by atoms with E-state index in [1.165, 1.54) is 11.1 Å². The fourth-order valence-electron chi connectivity index (χ4n) is 2.79. The molecule has 1 aliphatic rings. The van der Waals surface area contributed by atoms with Gasteiger partial charge in [-0.15, -0.1) is 0 Å². The van der Waals surface area contributed by atoms with E-state index in [0.29, 0.717) is 16.3 Å². The third kappa shape index (κ3) is 3.03. The predicted molar refractivity (Wildman–Crippen MR) is 85.6 cm³/mol. The van der Waals surface area contributed by atoms with Gasteiger partial charge in [0.1, 0.15) is 0 Å². The molecule has 0 saturated heterocycles. The molecule has 0 aliphatic carbocycles. The zero-order valence-electron chi connectivity index (χ0n) is 11.7. The summed E-state index contributed by atoms with van der Waals surface area (Å²) in [6.45, 7) is 1.45. The van der Waals surface area contributed by atoms with Crippen LogP contribution in [0.4, 0.5) is 5.69 Å². The minimum absolute atomic E-state index is 0.00277. The molecular formula is C17H17ClN2O. The van der Waals surface area contributed by atoms with Gasteiger partial charge in [-0.05, 0) is 42.2 Å². The van der Waals surface area contributed by atoms with Crippen molar-refractivity contribution >= 4 is 23.2 Å². The van der Waals surface area contributed by atoms with Crippen molar-refractivity contribution in [3.63, 3.8) is 0 Å². The smallest absolute Gasteiger partial charge is 0.254 e. The number of fused-ring (bicyclic) bond motifs is 1. The van der Waals surface area contributed by atoms with Gasteiger partial charge in [0.2, 0.25) is 0 Å². The molecule has 0 fully saturated rings. The number of hydrogen-bond acceptors (Lipinski definition) is 2. The van der Waals surface area contributed by atoms with Crippen molar-refractivity contribution in [1.82, 2.24) is 4.90 Å². The Kier molecular flexibility index (Phi) is 3.84. The van der Waals surface area contributed by atoms with Gasteiger partial charge in [0.05, 0.1) is 0 Å². The van der Waals surface area contributed by atoms with Crippen molar-refractivity contribution in [2.24, 2.45) is 0 Å². The van der Waals surface area contributed by atoms with Gasteiger partial charge in [-0.3, -0.25) is 4.79 Å². The van der Waals surface area contributed by atoms with E-state index in [1.54, 1.807) is 18.2 Å². The number of halogens is 1. The Morgan fingerprint density at radius 3 is 2.24 bits per heavy atom. The molecule has 108 valence electrons. The average Bonchev–Trinajstić information content (AvgIpc) is 2.68. The summed E-state index contributed by atoms with van der Waals surface area (Å²) < 4.78 is 0. The van der Waals surface area contributed by atoms with Gasteiger partial charge >= 0.3 is 0 Å². The Labute approximate surface area is 129 Å². The largest absolute Gasteiger partial charge is 0.399 e. The maximum absolute atomic E-state index is 12.6. The van der Waals surface area contributed by atoms with E-state index < -0.39 is 0 Å².